The lowest BCUT2D eigenvalue weighted by molar-refractivity contribution is -0.144. The van der Waals surface area contributed by atoms with Crippen LogP contribution in [0.25, 0.3) is 0 Å². The summed E-state index contributed by atoms with van der Waals surface area (Å²) in [6, 6.07) is 4.79. The van der Waals surface area contributed by atoms with Crippen molar-refractivity contribution in [1.29, 1.82) is 0 Å². The van der Waals surface area contributed by atoms with E-state index in [2.05, 4.69) is 4.74 Å². The van der Waals surface area contributed by atoms with Crippen molar-refractivity contribution in [1.82, 2.24) is 0 Å². The lowest BCUT2D eigenvalue weighted by Gasteiger charge is -2.36. The number of aromatic hydroxyl groups is 1. The molecule has 0 aliphatic carbocycles. The number of fused-ring (bicyclic) bond motifs is 3. The Kier molecular flexibility index (Phi) is 5.24. The van der Waals surface area contributed by atoms with Crippen LogP contribution in [0.4, 0.5) is 0 Å². The van der Waals surface area contributed by atoms with Crippen LogP contribution in [-0.4, -0.2) is 53.7 Å². The molecule has 7 heteroatoms. The Morgan fingerprint density at radius 1 is 1.28 bits per heavy atom. The SMILES string of the molecule is COC(=O)CC1CC2CC(O)CC(Cc3cccc(O)c3C(=O)O1)O2. The van der Waals surface area contributed by atoms with Crippen molar-refractivity contribution in [2.75, 3.05) is 7.11 Å². The Hall–Kier alpha value is -2.12. The lowest BCUT2D eigenvalue weighted by atomic mass is 9.91. The molecule has 2 N–H and O–H groups in total. The Balaban J connectivity index is 1.94. The predicted octanol–water partition coefficient (Wildman–Crippen LogP) is 1.34. The van der Waals surface area contributed by atoms with Crippen LogP contribution in [0.1, 0.15) is 41.6 Å². The minimum atomic E-state index is -0.749. The van der Waals surface area contributed by atoms with Crippen molar-refractivity contribution in [3.63, 3.8) is 0 Å². The summed E-state index contributed by atoms with van der Waals surface area (Å²) in [6.07, 6.45) is -0.369. The van der Waals surface area contributed by atoms with Crippen LogP contribution < -0.4 is 0 Å². The molecule has 0 radical (unpaired) electrons. The Morgan fingerprint density at radius 2 is 2.04 bits per heavy atom. The van der Waals surface area contributed by atoms with Crippen molar-refractivity contribution in [2.24, 2.45) is 0 Å². The van der Waals surface area contributed by atoms with E-state index in [1.165, 1.54) is 13.2 Å². The van der Waals surface area contributed by atoms with Gasteiger partial charge in [-0.05, 0) is 30.9 Å². The van der Waals surface area contributed by atoms with Gasteiger partial charge < -0.3 is 24.4 Å². The van der Waals surface area contributed by atoms with Crippen molar-refractivity contribution >= 4 is 11.9 Å². The molecule has 25 heavy (non-hydrogen) atoms. The maximum atomic E-state index is 12.6. The van der Waals surface area contributed by atoms with Gasteiger partial charge in [-0.25, -0.2) is 4.79 Å². The van der Waals surface area contributed by atoms with Crippen LogP contribution in [0.2, 0.25) is 0 Å². The smallest absolute Gasteiger partial charge is 0.342 e. The lowest BCUT2D eigenvalue weighted by Crippen LogP contribution is -2.40. The highest BCUT2D eigenvalue weighted by atomic mass is 16.6. The molecule has 136 valence electrons. The molecule has 2 aliphatic rings. The van der Waals surface area contributed by atoms with Gasteiger partial charge in [-0.3, -0.25) is 4.79 Å². The second-order valence-corrected chi connectivity index (χ2v) is 6.56. The van der Waals surface area contributed by atoms with Gasteiger partial charge in [-0.1, -0.05) is 12.1 Å². The summed E-state index contributed by atoms with van der Waals surface area (Å²) in [5.74, 6) is -1.34. The highest BCUT2D eigenvalue weighted by molar-refractivity contribution is 5.94. The first-order chi connectivity index (χ1) is 12.0. The number of esters is 2. The van der Waals surface area contributed by atoms with Gasteiger partial charge in [0.1, 0.15) is 17.4 Å². The average molecular weight is 350 g/mol. The van der Waals surface area contributed by atoms with E-state index in [1.807, 2.05) is 0 Å². The van der Waals surface area contributed by atoms with Gasteiger partial charge in [0.25, 0.3) is 0 Å². The molecule has 2 bridgehead atoms. The Bertz CT molecular complexity index is 657. The van der Waals surface area contributed by atoms with Gasteiger partial charge in [-0.15, -0.1) is 0 Å². The van der Waals surface area contributed by atoms with Gasteiger partial charge >= 0.3 is 11.9 Å². The van der Waals surface area contributed by atoms with Gasteiger partial charge in [0.15, 0.2) is 0 Å². The number of carbonyl (C=O) groups is 2. The molecular weight excluding hydrogens is 328 g/mol. The number of benzene rings is 1. The number of aliphatic hydroxyl groups excluding tert-OH is 1. The summed E-state index contributed by atoms with van der Waals surface area (Å²) < 4.78 is 16.2. The fourth-order valence-corrected chi connectivity index (χ4v) is 3.55. The van der Waals surface area contributed by atoms with Gasteiger partial charge in [0.05, 0.1) is 31.8 Å². The number of methoxy groups -OCH3 is 1. The summed E-state index contributed by atoms with van der Waals surface area (Å²) in [7, 11) is 1.27. The van der Waals surface area contributed by atoms with E-state index in [4.69, 9.17) is 9.47 Å². The normalized spacial score (nSPS) is 29.3. The van der Waals surface area contributed by atoms with E-state index in [9.17, 15) is 19.8 Å². The van der Waals surface area contributed by atoms with Gasteiger partial charge in [-0.2, -0.15) is 0 Å². The van der Waals surface area contributed by atoms with E-state index in [1.54, 1.807) is 12.1 Å². The molecule has 0 spiro atoms. The minimum Gasteiger partial charge on any atom is -0.507 e. The van der Waals surface area contributed by atoms with E-state index in [-0.39, 0.29) is 36.4 Å². The van der Waals surface area contributed by atoms with E-state index >= 15 is 0 Å². The monoisotopic (exact) mass is 350 g/mol. The van der Waals surface area contributed by atoms with E-state index in [0.717, 1.165) is 0 Å². The molecule has 0 amide bonds. The topological polar surface area (TPSA) is 102 Å². The maximum Gasteiger partial charge on any atom is 0.342 e. The van der Waals surface area contributed by atoms with Gasteiger partial charge in [0, 0.05) is 6.42 Å². The molecular formula is C18H22O7. The summed E-state index contributed by atoms with van der Waals surface area (Å²) in [4.78, 5) is 24.2. The average Bonchev–Trinajstić information content (AvgIpc) is 2.53. The second-order valence-electron chi connectivity index (χ2n) is 6.56. The van der Waals surface area contributed by atoms with Crippen LogP contribution in [0.5, 0.6) is 5.75 Å². The number of phenols is 1. The number of rotatable bonds is 2. The summed E-state index contributed by atoms with van der Waals surface area (Å²) in [6.45, 7) is 0. The molecule has 7 nitrogen and oxygen atoms in total. The quantitative estimate of drug-likeness (QED) is 0.776. The molecule has 0 aromatic heterocycles. The molecule has 1 fully saturated rings. The first-order valence-corrected chi connectivity index (χ1v) is 8.38. The van der Waals surface area contributed by atoms with Crippen molar-refractivity contribution < 1.29 is 34.0 Å². The van der Waals surface area contributed by atoms with Crippen molar-refractivity contribution in [3.05, 3.63) is 29.3 Å². The van der Waals surface area contributed by atoms with Gasteiger partial charge in [0.2, 0.25) is 0 Å². The number of aliphatic hydroxyl groups is 1. The fraction of sp³-hybridized carbons (Fsp3) is 0.556. The molecule has 4 atom stereocenters. The zero-order valence-electron chi connectivity index (χ0n) is 14.0. The molecule has 1 aromatic carbocycles. The predicted molar refractivity (Wildman–Crippen MR) is 86.2 cm³/mol. The van der Waals surface area contributed by atoms with Crippen molar-refractivity contribution in [2.45, 2.75) is 56.5 Å². The molecule has 2 heterocycles. The number of phenolic OH excluding ortho intramolecular Hbond substituents is 1. The Labute approximate surface area is 145 Å². The van der Waals surface area contributed by atoms with E-state index < -0.39 is 24.1 Å². The maximum absolute atomic E-state index is 12.6. The molecule has 4 unspecified atom stereocenters. The third-order valence-electron chi connectivity index (χ3n) is 4.66. The number of cyclic esters (lactones) is 1. The highest BCUT2D eigenvalue weighted by Gasteiger charge is 2.35. The van der Waals surface area contributed by atoms with E-state index in [0.29, 0.717) is 24.8 Å². The third-order valence-corrected chi connectivity index (χ3v) is 4.66. The zero-order chi connectivity index (χ0) is 18.0. The van der Waals surface area contributed by atoms with Crippen LogP contribution >= 0.6 is 0 Å². The standard InChI is InChI=1S/C18H22O7/c1-23-16(21)9-14-8-13-7-11(19)6-12(24-13)5-10-3-2-4-15(20)17(10)18(22)25-14/h2-4,11-14,19-20H,5-9H2,1H3. The number of hydrogen-bond acceptors (Lipinski definition) is 7. The second kappa shape index (κ2) is 7.41. The van der Waals surface area contributed by atoms with Crippen LogP contribution in [0.3, 0.4) is 0 Å². The fourth-order valence-electron chi connectivity index (χ4n) is 3.55. The number of hydrogen-bond donors (Lipinski definition) is 2. The zero-order valence-corrected chi connectivity index (χ0v) is 14.0. The summed E-state index contributed by atoms with van der Waals surface area (Å²) in [5, 5.41) is 20.2. The summed E-state index contributed by atoms with van der Waals surface area (Å²) in [5.41, 5.74) is 0.682. The molecule has 3 rings (SSSR count). The number of ether oxygens (including phenoxy) is 3. The van der Waals surface area contributed by atoms with Crippen molar-refractivity contribution in [3.8, 4) is 5.75 Å². The molecule has 1 aromatic rings. The first kappa shape index (κ1) is 17.7. The first-order valence-electron chi connectivity index (χ1n) is 8.38. The summed E-state index contributed by atoms with van der Waals surface area (Å²) >= 11 is 0. The largest absolute Gasteiger partial charge is 0.507 e. The number of carbonyl (C=O) groups excluding carboxylic acids is 2. The van der Waals surface area contributed by atoms with Crippen LogP contribution in [0, 0.1) is 0 Å². The molecule has 1 saturated heterocycles. The van der Waals surface area contributed by atoms with Crippen LogP contribution in [0.15, 0.2) is 18.2 Å². The minimum absolute atomic E-state index is 0.0829. The Morgan fingerprint density at radius 3 is 2.80 bits per heavy atom. The molecule has 0 saturated carbocycles. The molecule has 2 aliphatic heterocycles. The third kappa shape index (κ3) is 4.11. The highest BCUT2D eigenvalue weighted by Crippen LogP contribution is 2.32. The van der Waals surface area contributed by atoms with Crippen LogP contribution in [-0.2, 0) is 25.4 Å².